The minimum Gasteiger partial charge on any atom is -0.315 e. The van der Waals surface area contributed by atoms with Crippen LogP contribution < -0.4 is 0 Å². The number of hydrogen-bond acceptors (Lipinski definition) is 2. The number of carbonyl (C=O) groups excluding carboxylic acids is 1. The Balaban J connectivity index is 1.54. The Labute approximate surface area is 150 Å². The van der Waals surface area contributed by atoms with Crippen molar-refractivity contribution in [3.63, 3.8) is 0 Å². The van der Waals surface area contributed by atoms with Gasteiger partial charge in [-0.05, 0) is 62.8 Å². The number of piperidine rings is 1. The zero-order valence-electron chi connectivity index (χ0n) is 15.7. The fourth-order valence-corrected chi connectivity index (χ4v) is 5.76. The molecule has 1 spiro atoms. The van der Waals surface area contributed by atoms with Crippen LogP contribution in [0.4, 0.5) is 4.39 Å². The van der Waals surface area contributed by atoms with E-state index in [2.05, 4.69) is 11.8 Å². The SMILES string of the molecule is CC(=O)N1CC2(CCN(C3CCCCC3C)CC2)C2=C1CCC(F)=C2. The predicted molar refractivity (Wildman–Crippen MR) is 97.5 cm³/mol. The summed E-state index contributed by atoms with van der Waals surface area (Å²) in [5.74, 6) is 0.900. The molecule has 2 heterocycles. The average Bonchev–Trinajstić information content (AvgIpc) is 2.91. The second-order valence-corrected chi connectivity index (χ2v) is 8.70. The molecule has 4 heteroatoms. The van der Waals surface area contributed by atoms with Crippen molar-refractivity contribution in [2.75, 3.05) is 19.6 Å². The molecule has 2 aliphatic heterocycles. The molecule has 0 aromatic rings. The number of likely N-dealkylation sites (tertiary alicyclic amines) is 1. The van der Waals surface area contributed by atoms with Gasteiger partial charge in [0.25, 0.3) is 0 Å². The quantitative estimate of drug-likeness (QED) is 0.702. The lowest BCUT2D eigenvalue weighted by molar-refractivity contribution is -0.127. The van der Waals surface area contributed by atoms with Gasteiger partial charge in [0.15, 0.2) is 0 Å². The normalized spacial score (nSPS) is 32.8. The lowest BCUT2D eigenvalue weighted by atomic mass is 9.71. The fraction of sp³-hybridized carbons (Fsp3) is 0.762. The first-order valence-electron chi connectivity index (χ1n) is 10.1. The Morgan fingerprint density at radius 1 is 1.20 bits per heavy atom. The van der Waals surface area contributed by atoms with Crippen LogP contribution in [0.15, 0.2) is 23.2 Å². The zero-order valence-corrected chi connectivity index (χ0v) is 15.7. The highest BCUT2D eigenvalue weighted by atomic mass is 19.1. The van der Waals surface area contributed by atoms with Gasteiger partial charge in [-0.15, -0.1) is 0 Å². The van der Waals surface area contributed by atoms with Gasteiger partial charge in [0.2, 0.25) is 5.91 Å². The van der Waals surface area contributed by atoms with Crippen molar-refractivity contribution in [3.8, 4) is 0 Å². The van der Waals surface area contributed by atoms with Gasteiger partial charge >= 0.3 is 0 Å². The summed E-state index contributed by atoms with van der Waals surface area (Å²) in [4.78, 5) is 16.8. The highest BCUT2D eigenvalue weighted by Crippen LogP contribution is 2.51. The van der Waals surface area contributed by atoms with Crippen molar-refractivity contribution < 1.29 is 9.18 Å². The maximum atomic E-state index is 14.0. The van der Waals surface area contributed by atoms with Crippen molar-refractivity contribution in [3.05, 3.63) is 23.2 Å². The third-order valence-corrected chi connectivity index (χ3v) is 7.24. The van der Waals surface area contributed by atoms with Crippen molar-refractivity contribution in [2.45, 2.75) is 71.3 Å². The van der Waals surface area contributed by atoms with Crippen LogP contribution in [0.25, 0.3) is 0 Å². The first kappa shape index (κ1) is 17.3. The first-order valence-corrected chi connectivity index (χ1v) is 10.1. The highest BCUT2D eigenvalue weighted by Gasteiger charge is 2.48. The van der Waals surface area contributed by atoms with Crippen LogP contribution in [-0.2, 0) is 4.79 Å². The molecule has 1 saturated carbocycles. The summed E-state index contributed by atoms with van der Waals surface area (Å²) >= 11 is 0. The van der Waals surface area contributed by atoms with E-state index in [9.17, 15) is 9.18 Å². The molecule has 0 bridgehead atoms. The molecule has 0 N–H and O–H groups in total. The Kier molecular flexibility index (Phi) is 4.51. The van der Waals surface area contributed by atoms with Crippen molar-refractivity contribution >= 4 is 5.91 Å². The van der Waals surface area contributed by atoms with E-state index >= 15 is 0 Å². The Morgan fingerprint density at radius 2 is 1.92 bits per heavy atom. The second-order valence-electron chi connectivity index (χ2n) is 8.70. The minimum absolute atomic E-state index is 0.00678. The molecule has 1 amide bonds. The fourth-order valence-electron chi connectivity index (χ4n) is 5.76. The van der Waals surface area contributed by atoms with Gasteiger partial charge in [-0.2, -0.15) is 0 Å². The monoisotopic (exact) mass is 346 g/mol. The van der Waals surface area contributed by atoms with Crippen LogP contribution in [-0.4, -0.2) is 41.4 Å². The molecule has 25 heavy (non-hydrogen) atoms. The maximum Gasteiger partial charge on any atom is 0.223 e. The largest absolute Gasteiger partial charge is 0.315 e. The smallest absolute Gasteiger partial charge is 0.223 e. The predicted octanol–water partition coefficient (Wildman–Crippen LogP) is 4.41. The van der Waals surface area contributed by atoms with E-state index in [4.69, 9.17) is 0 Å². The lowest BCUT2D eigenvalue weighted by Crippen LogP contribution is -2.50. The molecule has 4 rings (SSSR count). The van der Waals surface area contributed by atoms with Gasteiger partial charge in [-0.25, -0.2) is 4.39 Å². The number of halogens is 1. The molecule has 2 fully saturated rings. The number of fused-ring (bicyclic) bond motifs is 1. The Bertz CT molecular complexity index is 615. The van der Waals surface area contributed by atoms with Crippen LogP contribution in [0.5, 0.6) is 0 Å². The average molecular weight is 346 g/mol. The van der Waals surface area contributed by atoms with Crippen molar-refractivity contribution in [1.29, 1.82) is 0 Å². The molecule has 4 aliphatic rings. The number of allylic oxidation sites excluding steroid dienone is 3. The lowest BCUT2D eigenvalue weighted by Gasteiger charge is -2.46. The van der Waals surface area contributed by atoms with Gasteiger partial charge < -0.3 is 9.80 Å². The molecule has 138 valence electrons. The molecule has 1 saturated heterocycles. The van der Waals surface area contributed by atoms with Crippen LogP contribution in [0, 0.1) is 11.3 Å². The van der Waals surface area contributed by atoms with E-state index in [0.29, 0.717) is 12.8 Å². The Hall–Kier alpha value is -1.16. The summed E-state index contributed by atoms with van der Waals surface area (Å²) in [5.41, 5.74) is 2.24. The molecule has 2 unspecified atom stereocenters. The minimum atomic E-state index is -0.00754. The standard InChI is InChI=1S/C21H31FN2O/c1-15-5-3-4-6-19(15)23-11-9-21(10-12-23)14-24(16(2)25)20-8-7-17(22)13-18(20)21/h13,15,19H,3-12,14H2,1-2H3. The molecule has 3 nitrogen and oxygen atoms in total. The van der Waals surface area contributed by atoms with E-state index < -0.39 is 0 Å². The van der Waals surface area contributed by atoms with E-state index in [0.717, 1.165) is 55.7 Å². The van der Waals surface area contributed by atoms with Crippen molar-refractivity contribution in [1.82, 2.24) is 9.80 Å². The number of carbonyl (C=O) groups is 1. The highest BCUT2D eigenvalue weighted by molar-refractivity contribution is 5.77. The molecule has 0 aromatic heterocycles. The molecule has 0 radical (unpaired) electrons. The van der Waals surface area contributed by atoms with Crippen LogP contribution >= 0.6 is 0 Å². The summed E-state index contributed by atoms with van der Waals surface area (Å²) in [7, 11) is 0. The maximum absolute atomic E-state index is 14.0. The van der Waals surface area contributed by atoms with E-state index in [1.807, 2.05) is 4.90 Å². The number of rotatable bonds is 1. The number of amides is 1. The Morgan fingerprint density at radius 3 is 2.60 bits per heavy atom. The van der Waals surface area contributed by atoms with E-state index in [1.54, 1.807) is 13.0 Å². The van der Waals surface area contributed by atoms with Crippen LogP contribution in [0.1, 0.15) is 65.2 Å². The first-order chi connectivity index (χ1) is 12.0. The van der Waals surface area contributed by atoms with Crippen LogP contribution in [0.2, 0.25) is 0 Å². The van der Waals surface area contributed by atoms with E-state index in [-0.39, 0.29) is 17.1 Å². The number of nitrogens with zero attached hydrogens (tertiary/aromatic N) is 2. The molecule has 2 aliphatic carbocycles. The summed E-state index contributed by atoms with van der Waals surface area (Å²) in [5, 5.41) is 0. The zero-order chi connectivity index (χ0) is 17.6. The summed E-state index contributed by atoms with van der Waals surface area (Å²) in [6, 6.07) is 0.725. The number of hydrogen-bond donors (Lipinski definition) is 0. The van der Waals surface area contributed by atoms with Crippen LogP contribution in [0.3, 0.4) is 0 Å². The molecular weight excluding hydrogens is 315 g/mol. The van der Waals surface area contributed by atoms with Gasteiger partial charge in [0, 0.05) is 37.0 Å². The summed E-state index contributed by atoms with van der Waals surface area (Å²) in [6.45, 7) is 7.00. The van der Waals surface area contributed by atoms with Gasteiger partial charge in [-0.1, -0.05) is 19.8 Å². The molecule has 2 atom stereocenters. The topological polar surface area (TPSA) is 23.6 Å². The summed E-state index contributed by atoms with van der Waals surface area (Å²) < 4.78 is 14.0. The van der Waals surface area contributed by atoms with Gasteiger partial charge in [0.05, 0.1) is 0 Å². The van der Waals surface area contributed by atoms with Gasteiger partial charge in [0.1, 0.15) is 5.83 Å². The third-order valence-electron chi connectivity index (χ3n) is 7.24. The van der Waals surface area contributed by atoms with E-state index in [1.165, 1.54) is 25.7 Å². The van der Waals surface area contributed by atoms with Gasteiger partial charge in [-0.3, -0.25) is 4.79 Å². The second kappa shape index (κ2) is 6.53. The summed E-state index contributed by atoms with van der Waals surface area (Å²) in [6.07, 6.45) is 10.4. The third kappa shape index (κ3) is 2.97. The van der Waals surface area contributed by atoms with Crippen molar-refractivity contribution in [2.24, 2.45) is 11.3 Å². The molecular formula is C21H31FN2O. The molecule has 0 aromatic carbocycles.